The molecule has 1 fully saturated rings. The highest BCUT2D eigenvalue weighted by Gasteiger charge is 2.30. The Balaban J connectivity index is 1.47. The first-order valence-electron chi connectivity index (χ1n) is 8.36. The van der Waals surface area contributed by atoms with Gasteiger partial charge in [-0.15, -0.1) is 10.2 Å². The third-order valence-corrected chi connectivity index (χ3v) is 4.93. The molecule has 0 unspecified atom stereocenters. The molecule has 25 heavy (non-hydrogen) atoms. The van der Waals surface area contributed by atoms with E-state index in [-0.39, 0.29) is 11.7 Å². The van der Waals surface area contributed by atoms with Gasteiger partial charge in [-0.3, -0.25) is 4.79 Å². The maximum Gasteiger partial charge on any atom is 0.219 e. The van der Waals surface area contributed by atoms with E-state index in [1.54, 1.807) is 23.9 Å². The van der Waals surface area contributed by atoms with Crippen LogP contribution in [0.25, 0.3) is 0 Å². The summed E-state index contributed by atoms with van der Waals surface area (Å²) in [6.45, 7) is 1.08. The number of benzene rings is 1. The first kappa shape index (κ1) is 17.7. The average molecular weight is 364 g/mol. The number of primary amides is 1. The average Bonchev–Trinajstić information content (AvgIpc) is 3.35. The normalized spacial score (nSPS) is 13.8. The number of thioether (sulfide) groups is 1. The number of carbonyl (C=O) groups is 1. The van der Waals surface area contributed by atoms with Gasteiger partial charge in [0.1, 0.15) is 17.4 Å². The van der Waals surface area contributed by atoms with Crippen LogP contribution in [0.2, 0.25) is 0 Å². The summed E-state index contributed by atoms with van der Waals surface area (Å²) >= 11 is 1.60. The molecule has 6 nitrogen and oxygen atoms in total. The molecule has 3 rings (SSSR count). The highest BCUT2D eigenvalue weighted by Crippen LogP contribution is 2.40. The van der Waals surface area contributed by atoms with Gasteiger partial charge in [-0.1, -0.05) is 11.8 Å². The number of hydrogen-bond donors (Lipinski definition) is 1. The molecule has 1 aromatic carbocycles. The molecule has 0 bridgehead atoms. The second-order valence-corrected chi connectivity index (χ2v) is 7.05. The van der Waals surface area contributed by atoms with Crippen molar-refractivity contribution in [2.75, 3.05) is 12.4 Å². The van der Waals surface area contributed by atoms with Crippen LogP contribution in [0.3, 0.4) is 0 Å². The molecule has 1 saturated carbocycles. The second kappa shape index (κ2) is 8.33. The Morgan fingerprint density at radius 2 is 2.08 bits per heavy atom. The quantitative estimate of drug-likeness (QED) is 0.518. The van der Waals surface area contributed by atoms with Crippen molar-refractivity contribution in [1.29, 1.82) is 0 Å². The summed E-state index contributed by atoms with van der Waals surface area (Å²) in [7, 11) is 0. The lowest BCUT2D eigenvalue weighted by Gasteiger charge is -2.09. The molecule has 1 aliphatic rings. The lowest BCUT2D eigenvalue weighted by Crippen LogP contribution is -2.15. The predicted octanol–water partition coefficient (Wildman–Crippen LogP) is 2.73. The fourth-order valence-electron chi connectivity index (χ4n) is 2.43. The maximum atomic E-state index is 12.8. The van der Waals surface area contributed by atoms with Crippen molar-refractivity contribution in [3.05, 3.63) is 35.9 Å². The van der Waals surface area contributed by atoms with Crippen molar-refractivity contribution in [1.82, 2.24) is 14.8 Å². The molecule has 0 aliphatic heterocycles. The Hall–Kier alpha value is -2.09. The summed E-state index contributed by atoms with van der Waals surface area (Å²) < 4.78 is 20.4. The number of halogens is 1. The summed E-state index contributed by atoms with van der Waals surface area (Å²) in [5.41, 5.74) is 5.27. The van der Waals surface area contributed by atoms with Gasteiger partial charge in [-0.2, -0.15) is 0 Å². The second-order valence-electron chi connectivity index (χ2n) is 5.99. The largest absolute Gasteiger partial charge is 0.494 e. The van der Waals surface area contributed by atoms with E-state index in [0.717, 1.165) is 36.0 Å². The van der Waals surface area contributed by atoms with Gasteiger partial charge < -0.3 is 15.0 Å². The first-order valence-corrected chi connectivity index (χ1v) is 9.34. The van der Waals surface area contributed by atoms with Crippen LogP contribution in [0.5, 0.6) is 5.75 Å². The zero-order chi connectivity index (χ0) is 17.6. The van der Waals surface area contributed by atoms with Gasteiger partial charge in [0.25, 0.3) is 0 Å². The number of aromatic nitrogens is 3. The maximum absolute atomic E-state index is 12.8. The smallest absolute Gasteiger partial charge is 0.219 e. The van der Waals surface area contributed by atoms with Crippen molar-refractivity contribution in [2.24, 2.45) is 5.73 Å². The number of amides is 1. The molecule has 0 atom stereocenters. The highest BCUT2D eigenvalue weighted by atomic mass is 32.2. The molecule has 2 N–H and O–H groups in total. The SMILES string of the molecule is NC(=O)CCn1c(SCCCOc2ccc(F)cc2)nnc1C1CC1. The molecule has 0 saturated heterocycles. The lowest BCUT2D eigenvalue weighted by atomic mass is 10.3. The Morgan fingerprint density at radius 3 is 2.76 bits per heavy atom. The minimum atomic E-state index is -0.320. The van der Waals surface area contributed by atoms with Gasteiger partial charge >= 0.3 is 0 Å². The van der Waals surface area contributed by atoms with Gasteiger partial charge in [0.05, 0.1) is 6.61 Å². The van der Waals surface area contributed by atoms with Crippen LogP contribution in [0, 0.1) is 5.82 Å². The Bertz CT molecular complexity index is 716. The van der Waals surface area contributed by atoms with E-state index < -0.39 is 0 Å². The van der Waals surface area contributed by atoms with Gasteiger partial charge in [0, 0.05) is 24.6 Å². The van der Waals surface area contributed by atoms with Crippen LogP contribution in [-0.2, 0) is 11.3 Å². The predicted molar refractivity (Wildman–Crippen MR) is 93.0 cm³/mol. The van der Waals surface area contributed by atoms with Crippen molar-refractivity contribution in [3.8, 4) is 5.75 Å². The van der Waals surface area contributed by atoms with Gasteiger partial charge in [-0.25, -0.2) is 4.39 Å². The number of nitrogens with zero attached hydrogens (tertiary/aromatic N) is 3. The summed E-state index contributed by atoms with van der Waals surface area (Å²) in [5, 5.41) is 9.37. The van der Waals surface area contributed by atoms with Crippen LogP contribution in [0.1, 0.15) is 37.4 Å². The van der Waals surface area contributed by atoms with E-state index in [1.807, 2.05) is 4.57 Å². The summed E-state index contributed by atoms with van der Waals surface area (Å²) in [6, 6.07) is 5.99. The van der Waals surface area contributed by atoms with Gasteiger partial charge in [-0.05, 0) is 43.5 Å². The number of hydrogen-bond acceptors (Lipinski definition) is 5. The molecule has 1 amide bonds. The molecule has 1 aromatic heterocycles. The molecule has 8 heteroatoms. The van der Waals surface area contributed by atoms with Crippen molar-refractivity contribution >= 4 is 17.7 Å². The molecule has 2 aromatic rings. The van der Waals surface area contributed by atoms with Crippen LogP contribution in [-0.4, -0.2) is 33.0 Å². The zero-order valence-electron chi connectivity index (χ0n) is 13.9. The van der Waals surface area contributed by atoms with Crippen molar-refractivity contribution in [2.45, 2.75) is 43.3 Å². The number of nitrogens with two attached hydrogens (primary N) is 1. The highest BCUT2D eigenvalue weighted by molar-refractivity contribution is 7.99. The fourth-order valence-corrected chi connectivity index (χ4v) is 3.31. The number of rotatable bonds is 10. The van der Waals surface area contributed by atoms with E-state index in [1.165, 1.54) is 12.1 Å². The third kappa shape index (κ3) is 5.19. The first-order chi connectivity index (χ1) is 12.1. The zero-order valence-corrected chi connectivity index (χ0v) is 14.7. The molecular weight excluding hydrogens is 343 g/mol. The van der Waals surface area contributed by atoms with Gasteiger partial charge in [0.15, 0.2) is 5.16 Å². The van der Waals surface area contributed by atoms with Crippen LogP contribution in [0.15, 0.2) is 29.4 Å². The number of ether oxygens (including phenoxy) is 1. The van der Waals surface area contributed by atoms with Crippen molar-refractivity contribution < 1.29 is 13.9 Å². The summed E-state index contributed by atoms with van der Waals surface area (Å²) in [6.07, 6.45) is 3.37. The molecule has 134 valence electrons. The minimum Gasteiger partial charge on any atom is -0.494 e. The monoisotopic (exact) mass is 364 g/mol. The van der Waals surface area contributed by atoms with E-state index in [0.29, 0.717) is 31.2 Å². The van der Waals surface area contributed by atoms with E-state index >= 15 is 0 Å². The molecule has 1 heterocycles. The van der Waals surface area contributed by atoms with Crippen LogP contribution in [0.4, 0.5) is 4.39 Å². The summed E-state index contributed by atoms with van der Waals surface area (Å²) in [4.78, 5) is 11.1. The molecule has 0 radical (unpaired) electrons. The van der Waals surface area contributed by atoms with Crippen molar-refractivity contribution in [3.63, 3.8) is 0 Å². The lowest BCUT2D eigenvalue weighted by molar-refractivity contribution is -0.118. The van der Waals surface area contributed by atoms with E-state index in [9.17, 15) is 9.18 Å². The third-order valence-electron chi connectivity index (χ3n) is 3.87. The minimum absolute atomic E-state index is 0.273. The molecule has 1 aliphatic carbocycles. The van der Waals surface area contributed by atoms with Crippen LogP contribution >= 0.6 is 11.8 Å². The van der Waals surface area contributed by atoms with E-state index in [4.69, 9.17) is 10.5 Å². The summed E-state index contributed by atoms with van der Waals surface area (Å²) in [5.74, 6) is 2.32. The fraction of sp³-hybridized carbons (Fsp3) is 0.471. The molecule has 0 spiro atoms. The Labute approximate surface area is 149 Å². The topological polar surface area (TPSA) is 83.0 Å². The Morgan fingerprint density at radius 1 is 1.32 bits per heavy atom. The van der Waals surface area contributed by atoms with Gasteiger partial charge in [0.2, 0.25) is 5.91 Å². The molecular formula is C17H21FN4O2S. The van der Waals surface area contributed by atoms with Crippen LogP contribution < -0.4 is 10.5 Å². The standard InChI is InChI=1S/C17H21FN4O2S/c18-13-4-6-14(7-5-13)24-10-1-11-25-17-21-20-16(12-2-3-12)22(17)9-8-15(19)23/h4-7,12H,1-3,8-11H2,(H2,19,23). The van der Waals surface area contributed by atoms with E-state index in [2.05, 4.69) is 10.2 Å². The Kier molecular flexibility index (Phi) is 5.91. The number of carbonyl (C=O) groups excluding carboxylic acids is 1.